The Labute approximate surface area is 109 Å². The molecule has 1 nitrogen and oxygen atoms in total. The molecule has 1 heterocycles. The third kappa shape index (κ3) is 3.34. The van der Waals surface area contributed by atoms with Crippen LogP contribution in [0.1, 0.15) is 26.3 Å². The molecule has 0 unspecified atom stereocenters. The summed E-state index contributed by atoms with van der Waals surface area (Å²) in [6.07, 6.45) is 0. The van der Waals surface area contributed by atoms with E-state index < -0.39 is 0 Å². The van der Waals surface area contributed by atoms with E-state index in [0.717, 1.165) is 31.1 Å². The van der Waals surface area contributed by atoms with Gasteiger partial charge >= 0.3 is 0 Å². The molecule has 0 N–H and O–H groups in total. The monoisotopic (exact) mass is 245 g/mol. The van der Waals surface area contributed by atoms with E-state index in [1.807, 2.05) is 0 Å². The summed E-state index contributed by atoms with van der Waals surface area (Å²) in [7, 11) is 0. The second-order valence-corrected chi connectivity index (χ2v) is 6.07. The standard InChI is InChI=1S/C16H20FN/c1-16(2,3)14-11-18(12-14)10-4-5-13-6-8-15(17)9-7-13/h6-9,14H,10-12H2,1-3H3. The highest BCUT2D eigenvalue weighted by Gasteiger charge is 2.34. The maximum absolute atomic E-state index is 12.7. The average molecular weight is 245 g/mol. The number of rotatable bonds is 1. The highest BCUT2D eigenvalue weighted by molar-refractivity contribution is 5.34. The van der Waals surface area contributed by atoms with Gasteiger partial charge in [0.15, 0.2) is 0 Å². The van der Waals surface area contributed by atoms with Crippen LogP contribution in [0.5, 0.6) is 0 Å². The van der Waals surface area contributed by atoms with Crippen LogP contribution in [0.25, 0.3) is 0 Å². The molecule has 1 fully saturated rings. The highest BCUT2D eigenvalue weighted by atomic mass is 19.1. The lowest BCUT2D eigenvalue weighted by atomic mass is 9.76. The van der Waals surface area contributed by atoms with Crippen LogP contribution in [0, 0.1) is 29.0 Å². The summed E-state index contributed by atoms with van der Waals surface area (Å²) in [5.74, 6) is 6.79. The zero-order valence-electron chi connectivity index (χ0n) is 11.3. The van der Waals surface area contributed by atoms with E-state index in [-0.39, 0.29) is 5.82 Å². The van der Waals surface area contributed by atoms with Crippen molar-refractivity contribution in [2.75, 3.05) is 19.6 Å². The minimum Gasteiger partial charge on any atom is -0.292 e. The van der Waals surface area contributed by atoms with Crippen molar-refractivity contribution in [3.8, 4) is 11.8 Å². The first-order valence-corrected chi connectivity index (χ1v) is 6.42. The predicted octanol–water partition coefficient (Wildman–Crippen LogP) is 3.16. The van der Waals surface area contributed by atoms with Gasteiger partial charge in [-0.15, -0.1) is 0 Å². The molecule has 18 heavy (non-hydrogen) atoms. The summed E-state index contributed by atoms with van der Waals surface area (Å²) < 4.78 is 12.7. The highest BCUT2D eigenvalue weighted by Crippen LogP contribution is 2.32. The van der Waals surface area contributed by atoms with Gasteiger partial charge in [0, 0.05) is 18.7 Å². The van der Waals surface area contributed by atoms with Crippen molar-refractivity contribution >= 4 is 0 Å². The first-order valence-electron chi connectivity index (χ1n) is 6.42. The molecule has 96 valence electrons. The number of likely N-dealkylation sites (tertiary alicyclic amines) is 1. The van der Waals surface area contributed by atoms with Crippen LogP contribution in [-0.2, 0) is 0 Å². The molecule has 1 aromatic carbocycles. The van der Waals surface area contributed by atoms with Crippen molar-refractivity contribution < 1.29 is 4.39 Å². The van der Waals surface area contributed by atoms with Crippen molar-refractivity contribution in [1.29, 1.82) is 0 Å². The molecule has 0 aliphatic carbocycles. The molecule has 0 radical (unpaired) electrons. The second-order valence-electron chi connectivity index (χ2n) is 6.07. The van der Waals surface area contributed by atoms with Gasteiger partial charge in [0.1, 0.15) is 5.82 Å². The molecular weight excluding hydrogens is 225 g/mol. The third-order valence-corrected chi connectivity index (χ3v) is 3.56. The lowest BCUT2D eigenvalue weighted by Gasteiger charge is -2.45. The molecule has 0 spiro atoms. The van der Waals surface area contributed by atoms with E-state index in [0.29, 0.717) is 5.41 Å². The fourth-order valence-electron chi connectivity index (χ4n) is 2.03. The van der Waals surface area contributed by atoms with Gasteiger partial charge < -0.3 is 0 Å². The Bertz CT molecular complexity index is 453. The van der Waals surface area contributed by atoms with E-state index in [4.69, 9.17) is 0 Å². The summed E-state index contributed by atoms with van der Waals surface area (Å²) in [6.45, 7) is 9.96. The molecule has 1 aromatic rings. The zero-order valence-corrected chi connectivity index (χ0v) is 11.3. The Morgan fingerprint density at radius 3 is 2.39 bits per heavy atom. The molecule has 2 heteroatoms. The summed E-state index contributed by atoms with van der Waals surface area (Å²) in [6, 6.07) is 6.33. The van der Waals surface area contributed by atoms with Crippen LogP contribution < -0.4 is 0 Å². The van der Waals surface area contributed by atoms with Crippen LogP contribution >= 0.6 is 0 Å². The molecule has 1 saturated heterocycles. The second kappa shape index (κ2) is 5.12. The summed E-state index contributed by atoms with van der Waals surface area (Å²) >= 11 is 0. The Balaban J connectivity index is 1.79. The minimum absolute atomic E-state index is 0.212. The Morgan fingerprint density at radius 1 is 1.22 bits per heavy atom. The molecule has 0 aromatic heterocycles. The predicted molar refractivity (Wildman–Crippen MR) is 72.7 cm³/mol. The summed E-state index contributed by atoms with van der Waals surface area (Å²) in [5, 5.41) is 0. The number of halogens is 1. The normalized spacial score (nSPS) is 16.9. The van der Waals surface area contributed by atoms with Crippen molar-refractivity contribution in [1.82, 2.24) is 4.90 Å². The van der Waals surface area contributed by atoms with Crippen molar-refractivity contribution in [2.24, 2.45) is 11.3 Å². The van der Waals surface area contributed by atoms with Crippen LogP contribution in [0.15, 0.2) is 24.3 Å². The Hall–Kier alpha value is -1.33. The van der Waals surface area contributed by atoms with Gasteiger partial charge in [-0.3, -0.25) is 4.90 Å². The zero-order chi connectivity index (χ0) is 13.2. The van der Waals surface area contributed by atoms with Crippen LogP contribution in [0.3, 0.4) is 0 Å². The molecule has 1 aliphatic heterocycles. The van der Waals surface area contributed by atoms with E-state index >= 15 is 0 Å². The van der Waals surface area contributed by atoms with E-state index in [1.54, 1.807) is 12.1 Å². The maximum atomic E-state index is 12.7. The first kappa shape index (κ1) is 13.1. The molecule has 0 bridgehead atoms. The minimum atomic E-state index is -0.212. The first-order chi connectivity index (χ1) is 8.45. The van der Waals surface area contributed by atoms with Crippen LogP contribution in [-0.4, -0.2) is 24.5 Å². The van der Waals surface area contributed by atoms with Crippen molar-refractivity contribution in [2.45, 2.75) is 20.8 Å². The SMILES string of the molecule is CC(C)(C)C1CN(CC#Cc2ccc(F)cc2)C1. The number of hydrogen-bond acceptors (Lipinski definition) is 1. The largest absolute Gasteiger partial charge is 0.292 e. The third-order valence-electron chi connectivity index (χ3n) is 3.56. The van der Waals surface area contributed by atoms with Crippen LogP contribution in [0.4, 0.5) is 4.39 Å². The van der Waals surface area contributed by atoms with Gasteiger partial charge in [-0.25, -0.2) is 4.39 Å². The fraction of sp³-hybridized carbons (Fsp3) is 0.500. The van der Waals surface area contributed by atoms with Gasteiger partial charge in [0.25, 0.3) is 0 Å². The summed E-state index contributed by atoms with van der Waals surface area (Å²) in [5.41, 5.74) is 1.28. The Kier molecular flexibility index (Phi) is 3.73. The number of nitrogens with zero attached hydrogens (tertiary/aromatic N) is 1. The Morgan fingerprint density at radius 2 is 1.83 bits per heavy atom. The lowest BCUT2D eigenvalue weighted by Crippen LogP contribution is -2.51. The molecule has 0 atom stereocenters. The van der Waals surface area contributed by atoms with E-state index in [2.05, 4.69) is 37.5 Å². The van der Waals surface area contributed by atoms with Gasteiger partial charge in [-0.2, -0.15) is 0 Å². The molecule has 0 amide bonds. The smallest absolute Gasteiger partial charge is 0.123 e. The molecular formula is C16H20FN. The molecule has 2 rings (SSSR count). The summed E-state index contributed by atoms with van der Waals surface area (Å²) in [4.78, 5) is 2.35. The number of hydrogen-bond donors (Lipinski definition) is 0. The van der Waals surface area contributed by atoms with E-state index in [9.17, 15) is 4.39 Å². The van der Waals surface area contributed by atoms with Crippen molar-refractivity contribution in [3.63, 3.8) is 0 Å². The van der Waals surface area contributed by atoms with Crippen LogP contribution in [0.2, 0.25) is 0 Å². The quantitative estimate of drug-likeness (QED) is 0.687. The fourth-order valence-corrected chi connectivity index (χ4v) is 2.03. The average Bonchev–Trinajstić information content (AvgIpc) is 2.22. The van der Waals surface area contributed by atoms with Gasteiger partial charge in [-0.1, -0.05) is 32.6 Å². The molecule has 1 aliphatic rings. The van der Waals surface area contributed by atoms with E-state index in [1.165, 1.54) is 12.1 Å². The van der Waals surface area contributed by atoms with Gasteiger partial charge in [0.05, 0.1) is 6.54 Å². The molecule has 0 saturated carbocycles. The number of benzene rings is 1. The van der Waals surface area contributed by atoms with Gasteiger partial charge in [0.2, 0.25) is 0 Å². The lowest BCUT2D eigenvalue weighted by molar-refractivity contribution is 0.0356. The topological polar surface area (TPSA) is 3.24 Å². The van der Waals surface area contributed by atoms with Crippen molar-refractivity contribution in [3.05, 3.63) is 35.6 Å². The maximum Gasteiger partial charge on any atom is 0.123 e. The van der Waals surface area contributed by atoms with Gasteiger partial charge in [-0.05, 0) is 35.6 Å².